The molecule has 2 aromatic rings. The highest BCUT2D eigenvalue weighted by Crippen LogP contribution is 2.28. The number of benzene rings is 2. The Balaban J connectivity index is 2.26. The average molecular weight is 427 g/mol. The van der Waals surface area contributed by atoms with Gasteiger partial charge in [0.15, 0.2) is 0 Å². The van der Waals surface area contributed by atoms with Crippen LogP contribution in [0.2, 0.25) is 0 Å². The molecule has 0 aliphatic heterocycles. The van der Waals surface area contributed by atoms with Crippen LogP contribution in [0.25, 0.3) is 0 Å². The Hall–Kier alpha value is -1.80. The van der Waals surface area contributed by atoms with Gasteiger partial charge in [0, 0.05) is 9.13 Å². The third-order valence-corrected chi connectivity index (χ3v) is 4.21. The number of anilines is 1. The summed E-state index contributed by atoms with van der Waals surface area (Å²) in [6.45, 7) is 4.23. The molecule has 5 nitrogen and oxygen atoms in total. The second-order valence-corrected chi connectivity index (χ2v) is 6.25. The van der Waals surface area contributed by atoms with Gasteiger partial charge in [0.05, 0.1) is 12.8 Å². The van der Waals surface area contributed by atoms with Crippen LogP contribution >= 0.6 is 22.6 Å². The SMILES string of the molecule is COC(=O)N(O)c1c(I)cccc1COc1ccc(C)cc1C. The van der Waals surface area contributed by atoms with E-state index in [4.69, 9.17) is 4.74 Å². The zero-order valence-electron chi connectivity index (χ0n) is 13.2. The lowest BCUT2D eigenvalue weighted by atomic mass is 10.1. The number of carbonyl (C=O) groups is 1. The van der Waals surface area contributed by atoms with E-state index in [-0.39, 0.29) is 6.61 Å². The summed E-state index contributed by atoms with van der Waals surface area (Å²) >= 11 is 2.05. The van der Waals surface area contributed by atoms with Crippen LogP contribution in [0.5, 0.6) is 5.75 Å². The molecule has 0 fully saturated rings. The minimum Gasteiger partial charge on any atom is -0.489 e. The maximum atomic E-state index is 11.6. The van der Waals surface area contributed by atoms with E-state index in [9.17, 15) is 10.0 Å². The minimum atomic E-state index is -0.845. The highest BCUT2D eigenvalue weighted by molar-refractivity contribution is 14.1. The van der Waals surface area contributed by atoms with Gasteiger partial charge in [-0.1, -0.05) is 29.8 Å². The predicted octanol–water partition coefficient (Wildman–Crippen LogP) is 4.45. The average Bonchev–Trinajstić information content (AvgIpc) is 2.52. The van der Waals surface area contributed by atoms with Crippen molar-refractivity contribution >= 4 is 34.4 Å². The lowest BCUT2D eigenvalue weighted by Gasteiger charge is -2.19. The quantitative estimate of drug-likeness (QED) is 0.445. The number of methoxy groups -OCH3 is 1. The summed E-state index contributed by atoms with van der Waals surface area (Å²) in [4.78, 5) is 11.6. The molecule has 0 aromatic heterocycles. The van der Waals surface area contributed by atoms with E-state index in [0.29, 0.717) is 16.3 Å². The van der Waals surface area contributed by atoms with E-state index < -0.39 is 6.09 Å². The first-order valence-electron chi connectivity index (χ1n) is 6.98. The van der Waals surface area contributed by atoms with Crippen molar-refractivity contribution in [3.8, 4) is 5.75 Å². The molecule has 0 unspecified atom stereocenters. The van der Waals surface area contributed by atoms with Crippen LogP contribution in [0, 0.1) is 17.4 Å². The smallest absolute Gasteiger partial charge is 0.438 e. The third kappa shape index (κ3) is 4.14. The summed E-state index contributed by atoms with van der Waals surface area (Å²) in [5.41, 5.74) is 3.25. The van der Waals surface area contributed by atoms with Gasteiger partial charge >= 0.3 is 6.09 Å². The lowest BCUT2D eigenvalue weighted by Crippen LogP contribution is -2.28. The Morgan fingerprint density at radius 1 is 1.26 bits per heavy atom. The molecule has 0 aliphatic rings. The Bertz CT molecular complexity index is 718. The van der Waals surface area contributed by atoms with Crippen molar-refractivity contribution in [2.45, 2.75) is 20.5 Å². The number of hydrogen-bond donors (Lipinski definition) is 1. The molecule has 1 N–H and O–H groups in total. The van der Waals surface area contributed by atoms with Gasteiger partial charge < -0.3 is 9.47 Å². The fraction of sp³-hybridized carbons (Fsp3) is 0.235. The molecule has 2 rings (SSSR count). The molecule has 122 valence electrons. The summed E-state index contributed by atoms with van der Waals surface area (Å²) in [6.07, 6.45) is -0.845. The fourth-order valence-electron chi connectivity index (χ4n) is 2.21. The van der Waals surface area contributed by atoms with Crippen LogP contribution in [-0.4, -0.2) is 18.4 Å². The Morgan fingerprint density at radius 2 is 2.00 bits per heavy atom. The second-order valence-electron chi connectivity index (χ2n) is 5.09. The van der Waals surface area contributed by atoms with Gasteiger partial charge in [-0.25, -0.2) is 4.79 Å². The summed E-state index contributed by atoms with van der Waals surface area (Å²) in [7, 11) is 1.22. The van der Waals surface area contributed by atoms with E-state index in [1.165, 1.54) is 7.11 Å². The molecule has 23 heavy (non-hydrogen) atoms. The van der Waals surface area contributed by atoms with Crippen LogP contribution in [0.4, 0.5) is 10.5 Å². The Kier molecular flexibility index (Phi) is 5.84. The zero-order valence-corrected chi connectivity index (χ0v) is 15.3. The maximum Gasteiger partial charge on any atom is 0.438 e. The summed E-state index contributed by atoms with van der Waals surface area (Å²) in [5.74, 6) is 0.767. The van der Waals surface area contributed by atoms with Crippen molar-refractivity contribution < 1.29 is 19.5 Å². The molecule has 1 amide bonds. The lowest BCUT2D eigenvalue weighted by molar-refractivity contribution is 0.140. The van der Waals surface area contributed by atoms with Crippen molar-refractivity contribution in [2.24, 2.45) is 0 Å². The van der Waals surface area contributed by atoms with Gasteiger partial charge in [0.25, 0.3) is 0 Å². The Labute approximate surface area is 148 Å². The molecule has 0 heterocycles. The number of amides is 1. The van der Waals surface area contributed by atoms with Gasteiger partial charge in [-0.3, -0.25) is 5.21 Å². The van der Waals surface area contributed by atoms with Gasteiger partial charge in [-0.2, -0.15) is 5.06 Å². The topological polar surface area (TPSA) is 59.0 Å². The minimum absolute atomic E-state index is 0.226. The first-order chi connectivity index (χ1) is 10.9. The summed E-state index contributed by atoms with van der Waals surface area (Å²) < 4.78 is 11.1. The number of halogens is 1. The number of aryl methyl sites for hydroxylation is 2. The first kappa shape index (κ1) is 17.6. The van der Waals surface area contributed by atoms with Gasteiger partial charge in [0.1, 0.15) is 12.4 Å². The van der Waals surface area contributed by atoms with Crippen LogP contribution < -0.4 is 9.80 Å². The molecular weight excluding hydrogens is 409 g/mol. The van der Waals surface area contributed by atoms with E-state index >= 15 is 0 Å². The summed E-state index contributed by atoms with van der Waals surface area (Å²) in [5, 5.41) is 10.5. The second kappa shape index (κ2) is 7.65. The number of rotatable bonds is 4. The number of hydrogen-bond acceptors (Lipinski definition) is 4. The van der Waals surface area contributed by atoms with Crippen molar-refractivity contribution in [1.82, 2.24) is 0 Å². The number of carbonyl (C=O) groups excluding carboxylic acids is 1. The Morgan fingerprint density at radius 3 is 2.65 bits per heavy atom. The van der Waals surface area contributed by atoms with Crippen molar-refractivity contribution in [3.05, 3.63) is 56.7 Å². The zero-order chi connectivity index (χ0) is 17.0. The monoisotopic (exact) mass is 427 g/mol. The van der Waals surface area contributed by atoms with Gasteiger partial charge in [0.2, 0.25) is 0 Å². The molecule has 0 bridgehead atoms. The fourth-order valence-corrected chi connectivity index (χ4v) is 2.99. The molecule has 0 saturated carbocycles. The number of ether oxygens (including phenoxy) is 2. The van der Waals surface area contributed by atoms with Crippen LogP contribution in [0.3, 0.4) is 0 Å². The maximum absolute atomic E-state index is 11.6. The van der Waals surface area contributed by atoms with E-state index in [1.54, 1.807) is 12.1 Å². The normalized spacial score (nSPS) is 10.3. The molecule has 0 aliphatic carbocycles. The van der Waals surface area contributed by atoms with Crippen molar-refractivity contribution in [2.75, 3.05) is 12.2 Å². The molecule has 6 heteroatoms. The highest BCUT2D eigenvalue weighted by Gasteiger charge is 2.20. The third-order valence-electron chi connectivity index (χ3n) is 3.34. The van der Waals surface area contributed by atoms with E-state index in [0.717, 1.165) is 20.4 Å². The van der Waals surface area contributed by atoms with Gasteiger partial charge in [-0.05, 0) is 54.1 Å². The highest BCUT2D eigenvalue weighted by atomic mass is 127. The number of hydroxylamine groups is 1. The van der Waals surface area contributed by atoms with Crippen LogP contribution in [0.15, 0.2) is 36.4 Å². The van der Waals surface area contributed by atoms with Crippen molar-refractivity contribution in [3.63, 3.8) is 0 Å². The van der Waals surface area contributed by atoms with Gasteiger partial charge in [-0.15, -0.1) is 0 Å². The van der Waals surface area contributed by atoms with Crippen LogP contribution in [0.1, 0.15) is 16.7 Å². The standard InChI is InChI=1S/C17H18INO4/c1-11-7-8-15(12(2)9-11)23-10-13-5-4-6-14(18)16(13)19(21)17(20)22-3/h4-9,21H,10H2,1-3H3. The number of para-hydroxylation sites is 1. The summed E-state index contributed by atoms with van der Waals surface area (Å²) in [6, 6.07) is 11.4. The predicted molar refractivity (Wildman–Crippen MR) is 96.1 cm³/mol. The molecule has 0 spiro atoms. The molecule has 0 saturated heterocycles. The van der Waals surface area contributed by atoms with Crippen LogP contribution in [-0.2, 0) is 11.3 Å². The largest absolute Gasteiger partial charge is 0.489 e. The van der Waals surface area contributed by atoms with E-state index in [2.05, 4.69) is 27.3 Å². The number of nitrogens with zero attached hydrogens (tertiary/aromatic N) is 1. The first-order valence-corrected chi connectivity index (χ1v) is 8.06. The molecule has 0 atom stereocenters. The molecular formula is C17H18INO4. The van der Waals surface area contributed by atoms with Crippen molar-refractivity contribution in [1.29, 1.82) is 0 Å². The molecule has 0 radical (unpaired) electrons. The molecule has 2 aromatic carbocycles. The van der Waals surface area contributed by atoms with E-state index in [1.807, 2.05) is 38.1 Å².